The normalized spacial score (nSPS) is 10.0. The van der Waals surface area contributed by atoms with Crippen molar-refractivity contribution in [2.45, 2.75) is 13.8 Å². The Morgan fingerprint density at radius 2 is 2.15 bits per heavy atom. The van der Waals surface area contributed by atoms with Crippen LogP contribution in [-0.2, 0) is 0 Å². The molecule has 0 amide bonds. The lowest BCUT2D eigenvalue weighted by Crippen LogP contribution is -2.21. The molecule has 0 radical (unpaired) electrons. The van der Waals surface area contributed by atoms with Crippen molar-refractivity contribution in [2.75, 3.05) is 25.0 Å². The molecule has 0 fully saturated rings. The summed E-state index contributed by atoms with van der Waals surface area (Å²) < 4.78 is 0. The van der Waals surface area contributed by atoms with Crippen molar-refractivity contribution in [1.29, 1.82) is 0 Å². The predicted octanol–water partition coefficient (Wildman–Crippen LogP) is 1.41. The van der Waals surface area contributed by atoms with E-state index in [4.69, 9.17) is 0 Å². The van der Waals surface area contributed by atoms with Gasteiger partial charge in [0.1, 0.15) is 5.82 Å². The van der Waals surface area contributed by atoms with Gasteiger partial charge >= 0.3 is 0 Å². The van der Waals surface area contributed by atoms with Crippen molar-refractivity contribution in [3.8, 4) is 0 Å². The molecule has 0 aliphatic heterocycles. The number of pyridine rings is 1. The molecule has 13 heavy (non-hydrogen) atoms. The van der Waals surface area contributed by atoms with Crippen LogP contribution in [0.1, 0.15) is 12.5 Å². The van der Waals surface area contributed by atoms with Crippen LogP contribution >= 0.6 is 0 Å². The first kappa shape index (κ1) is 9.99. The zero-order chi connectivity index (χ0) is 9.52. The van der Waals surface area contributed by atoms with Crippen LogP contribution in [0.2, 0.25) is 0 Å². The fourth-order valence-corrected chi connectivity index (χ4v) is 1.03. The van der Waals surface area contributed by atoms with E-state index in [9.17, 15) is 0 Å². The molecular weight excluding hydrogens is 162 g/mol. The van der Waals surface area contributed by atoms with E-state index in [2.05, 4.69) is 28.6 Å². The van der Waals surface area contributed by atoms with Crippen LogP contribution in [0, 0.1) is 6.92 Å². The summed E-state index contributed by atoms with van der Waals surface area (Å²) >= 11 is 0. The van der Waals surface area contributed by atoms with Gasteiger partial charge in [-0.1, -0.05) is 13.0 Å². The highest BCUT2D eigenvalue weighted by molar-refractivity contribution is 5.34. The number of rotatable bonds is 5. The van der Waals surface area contributed by atoms with Crippen LogP contribution in [0.4, 0.5) is 5.82 Å². The van der Waals surface area contributed by atoms with Gasteiger partial charge in [-0.3, -0.25) is 0 Å². The third-order valence-electron chi connectivity index (χ3n) is 1.77. The second-order valence-electron chi connectivity index (χ2n) is 3.00. The van der Waals surface area contributed by atoms with Crippen LogP contribution in [0.5, 0.6) is 0 Å². The van der Waals surface area contributed by atoms with Gasteiger partial charge in [0, 0.05) is 19.3 Å². The average molecular weight is 179 g/mol. The van der Waals surface area contributed by atoms with Crippen LogP contribution in [0.25, 0.3) is 0 Å². The lowest BCUT2D eigenvalue weighted by molar-refractivity contribution is 0.738. The second-order valence-corrected chi connectivity index (χ2v) is 3.00. The first-order chi connectivity index (χ1) is 6.33. The van der Waals surface area contributed by atoms with Gasteiger partial charge in [0.2, 0.25) is 0 Å². The van der Waals surface area contributed by atoms with Gasteiger partial charge in [-0.25, -0.2) is 4.98 Å². The molecule has 0 atom stereocenters. The number of likely N-dealkylation sites (N-methyl/N-ethyl adjacent to an activating group) is 1. The van der Waals surface area contributed by atoms with E-state index in [1.807, 2.05) is 19.2 Å². The Hall–Kier alpha value is -1.09. The Morgan fingerprint density at radius 1 is 1.31 bits per heavy atom. The molecule has 3 heteroatoms. The van der Waals surface area contributed by atoms with Gasteiger partial charge in [0.15, 0.2) is 0 Å². The van der Waals surface area contributed by atoms with E-state index in [0.29, 0.717) is 0 Å². The lowest BCUT2D eigenvalue weighted by atomic mass is 10.3. The topological polar surface area (TPSA) is 37.0 Å². The summed E-state index contributed by atoms with van der Waals surface area (Å²) in [4.78, 5) is 4.24. The molecule has 0 spiro atoms. The molecule has 1 aromatic rings. The molecule has 2 N–H and O–H groups in total. The maximum atomic E-state index is 4.24. The maximum absolute atomic E-state index is 4.24. The molecule has 0 aliphatic rings. The minimum Gasteiger partial charge on any atom is -0.369 e. The zero-order valence-corrected chi connectivity index (χ0v) is 8.30. The molecule has 0 bridgehead atoms. The molecule has 0 aromatic carbocycles. The quantitative estimate of drug-likeness (QED) is 0.671. The SMILES string of the molecule is CCNCCNc1ccc(C)cn1. The van der Waals surface area contributed by atoms with E-state index >= 15 is 0 Å². The first-order valence-corrected chi connectivity index (χ1v) is 4.70. The molecule has 3 nitrogen and oxygen atoms in total. The number of hydrogen-bond acceptors (Lipinski definition) is 3. The van der Waals surface area contributed by atoms with Gasteiger partial charge in [-0.05, 0) is 25.1 Å². The number of nitrogens with zero attached hydrogens (tertiary/aromatic N) is 1. The summed E-state index contributed by atoms with van der Waals surface area (Å²) in [6, 6.07) is 4.06. The van der Waals surface area contributed by atoms with Crippen molar-refractivity contribution in [3.05, 3.63) is 23.9 Å². The van der Waals surface area contributed by atoms with E-state index in [0.717, 1.165) is 25.5 Å². The summed E-state index contributed by atoms with van der Waals surface area (Å²) in [5.74, 6) is 0.948. The van der Waals surface area contributed by atoms with E-state index < -0.39 is 0 Å². The van der Waals surface area contributed by atoms with Gasteiger partial charge in [0.25, 0.3) is 0 Å². The molecule has 0 unspecified atom stereocenters. The fraction of sp³-hybridized carbons (Fsp3) is 0.500. The minimum atomic E-state index is 0.921. The Bertz CT molecular complexity index is 230. The molecular formula is C10H17N3. The molecule has 0 saturated heterocycles. The molecule has 0 saturated carbocycles. The smallest absolute Gasteiger partial charge is 0.125 e. The van der Waals surface area contributed by atoms with Crippen molar-refractivity contribution >= 4 is 5.82 Å². The lowest BCUT2D eigenvalue weighted by Gasteiger charge is -2.05. The van der Waals surface area contributed by atoms with Crippen LogP contribution in [0.15, 0.2) is 18.3 Å². The third-order valence-corrected chi connectivity index (χ3v) is 1.77. The highest BCUT2D eigenvalue weighted by atomic mass is 15.0. The summed E-state index contributed by atoms with van der Waals surface area (Å²) in [5.41, 5.74) is 1.19. The Morgan fingerprint density at radius 3 is 2.77 bits per heavy atom. The number of anilines is 1. The molecule has 72 valence electrons. The summed E-state index contributed by atoms with van der Waals surface area (Å²) in [6.45, 7) is 7.05. The highest BCUT2D eigenvalue weighted by Crippen LogP contribution is 2.02. The Labute approximate surface area is 79.6 Å². The number of hydrogen-bond donors (Lipinski definition) is 2. The van der Waals surface area contributed by atoms with Gasteiger partial charge < -0.3 is 10.6 Å². The standard InChI is InChI=1S/C10H17N3/c1-3-11-6-7-12-10-5-4-9(2)8-13-10/h4-5,8,11H,3,6-7H2,1-2H3,(H,12,13). The number of nitrogens with one attached hydrogen (secondary N) is 2. The molecule has 1 rings (SSSR count). The molecule has 0 aliphatic carbocycles. The van der Waals surface area contributed by atoms with Gasteiger partial charge in [0.05, 0.1) is 0 Å². The van der Waals surface area contributed by atoms with Crippen molar-refractivity contribution in [2.24, 2.45) is 0 Å². The van der Waals surface area contributed by atoms with E-state index in [1.54, 1.807) is 0 Å². The van der Waals surface area contributed by atoms with Crippen LogP contribution in [-0.4, -0.2) is 24.6 Å². The van der Waals surface area contributed by atoms with E-state index in [-0.39, 0.29) is 0 Å². The Kier molecular flexibility index (Phi) is 4.26. The largest absolute Gasteiger partial charge is 0.369 e. The molecule has 1 aromatic heterocycles. The van der Waals surface area contributed by atoms with Crippen molar-refractivity contribution < 1.29 is 0 Å². The maximum Gasteiger partial charge on any atom is 0.125 e. The van der Waals surface area contributed by atoms with Crippen molar-refractivity contribution in [3.63, 3.8) is 0 Å². The highest BCUT2D eigenvalue weighted by Gasteiger charge is 1.90. The first-order valence-electron chi connectivity index (χ1n) is 4.70. The monoisotopic (exact) mass is 179 g/mol. The predicted molar refractivity (Wildman–Crippen MR) is 56.0 cm³/mol. The summed E-state index contributed by atoms with van der Waals surface area (Å²) in [6.07, 6.45) is 1.87. The number of aromatic nitrogens is 1. The average Bonchev–Trinajstić information content (AvgIpc) is 2.15. The van der Waals surface area contributed by atoms with Gasteiger partial charge in [-0.2, -0.15) is 0 Å². The van der Waals surface area contributed by atoms with Crippen LogP contribution < -0.4 is 10.6 Å². The van der Waals surface area contributed by atoms with Crippen LogP contribution in [0.3, 0.4) is 0 Å². The molecule has 1 heterocycles. The second kappa shape index (κ2) is 5.54. The van der Waals surface area contributed by atoms with Gasteiger partial charge in [-0.15, -0.1) is 0 Å². The third kappa shape index (κ3) is 3.90. The van der Waals surface area contributed by atoms with Crippen molar-refractivity contribution in [1.82, 2.24) is 10.3 Å². The Balaban J connectivity index is 2.25. The number of aryl methyl sites for hydroxylation is 1. The minimum absolute atomic E-state index is 0.921. The summed E-state index contributed by atoms with van der Waals surface area (Å²) in [5, 5.41) is 6.47. The van der Waals surface area contributed by atoms with E-state index in [1.165, 1.54) is 5.56 Å². The zero-order valence-electron chi connectivity index (χ0n) is 8.30. The fourth-order valence-electron chi connectivity index (χ4n) is 1.03. The summed E-state index contributed by atoms with van der Waals surface area (Å²) in [7, 11) is 0.